The van der Waals surface area contributed by atoms with Crippen LogP contribution in [-0.2, 0) is 4.79 Å². The number of aryl methyl sites for hydroxylation is 1. The Kier molecular flexibility index (Phi) is 7.64. The number of carbonyl (C=O) groups excluding carboxylic acids is 2. The maximum Gasteiger partial charge on any atom is 0.320 e. The molecule has 2 aromatic rings. The van der Waals surface area contributed by atoms with Crippen LogP contribution in [0, 0.1) is 23.0 Å². The third kappa shape index (κ3) is 5.96. The molecule has 3 amide bonds. The van der Waals surface area contributed by atoms with Gasteiger partial charge in [0.2, 0.25) is 5.91 Å². The number of anilines is 2. The number of benzene rings is 2. The minimum absolute atomic E-state index is 0.00644. The minimum Gasteiger partial charge on any atom is -0.495 e. The molecule has 0 aromatic heterocycles. The van der Waals surface area contributed by atoms with E-state index < -0.39 is 17.0 Å². The highest BCUT2D eigenvalue weighted by molar-refractivity contribution is 6.00. The summed E-state index contributed by atoms with van der Waals surface area (Å²) < 4.78 is 5.19. The van der Waals surface area contributed by atoms with Crippen molar-refractivity contribution in [2.45, 2.75) is 45.1 Å². The number of nitrogens with one attached hydrogen (secondary N) is 3. The molecule has 9 heteroatoms. The van der Waals surface area contributed by atoms with Gasteiger partial charge in [-0.25, -0.2) is 4.79 Å². The first-order chi connectivity index (χ1) is 15.4. The van der Waals surface area contributed by atoms with Gasteiger partial charge in [-0.05, 0) is 43.9 Å². The molecular formula is C23H28N4O5. The van der Waals surface area contributed by atoms with E-state index in [0.29, 0.717) is 5.69 Å². The standard InChI is InChI=1S/C23H28N4O5/c1-15-8-10-17(11-9-15)24-22(28)21(16-6-4-3-5-7-16)26-23(29)25-19-14-18(27(30)31)12-13-20(19)32-2/h8-14,16,21H,3-7H2,1-2H3,(H,24,28)(H2,25,26,29). The molecule has 32 heavy (non-hydrogen) atoms. The van der Waals surface area contributed by atoms with E-state index in [9.17, 15) is 19.7 Å². The molecule has 1 aliphatic rings. The third-order valence-corrected chi connectivity index (χ3v) is 5.65. The Balaban J connectivity index is 1.76. The van der Waals surface area contributed by atoms with Gasteiger partial charge in [-0.2, -0.15) is 0 Å². The second-order valence-corrected chi connectivity index (χ2v) is 7.97. The average molecular weight is 441 g/mol. The van der Waals surface area contributed by atoms with Crippen molar-refractivity contribution in [3.05, 3.63) is 58.1 Å². The number of methoxy groups -OCH3 is 1. The SMILES string of the molecule is COc1ccc([N+](=O)[O-])cc1NC(=O)NC(C(=O)Nc1ccc(C)cc1)C1CCCCC1. The van der Waals surface area contributed by atoms with Crippen molar-refractivity contribution >= 4 is 29.0 Å². The van der Waals surface area contributed by atoms with Crippen molar-refractivity contribution < 1.29 is 19.2 Å². The number of carbonyl (C=O) groups is 2. The number of hydrogen-bond donors (Lipinski definition) is 3. The van der Waals surface area contributed by atoms with E-state index in [-0.39, 0.29) is 28.9 Å². The molecule has 1 saturated carbocycles. The predicted octanol–water partition coefficient (Wildman–Crippen LogP) is 4.62. The molecule has 3 rings (SSSR count). The van der Waals surface area contributed by atoms with Gasteiger partial charge in [-0.1, -0.05) is 37.0 Å². The summed E-state index contributed by atoms with van der Waals surface area (Å²) in [5.41, 5.74) is 1.71. The lowest BCUT2D eigenvalue weighted by molar-refractivity contribution is -0.384. The molecule has 0 bridgehead atoms. The topological polar surface area (TPSA) is 123 Å². The zero-order valence-electron chi connectivity index (χ0n) is 18.2. The fraction of sp³-hybridized carbons (Fsp3) is 0.391. The molecule has 1 unspecified atom stereocenters. The van der Waals surface area contributed by atoms with Gasteiger partial charge in [0.25, 0.3) is 5.69 Å². The van der Waals surface area contributed by atoms with Crippen LogP contribution in [0.2, 0.25) is 0 Å². The first-order valence-electron chi connectivity index (χ1n) is 10.6. The van der Waals surface area contributed by atoms with Crippen LogP contribution in [0.4, 0.5) is 21.9 Å². The normalized spacial score (nSPS) is 14.8. The highest BCUT2D eigenvalue weighted by atomic mass is 16.6. The van der Waals surface area contributed by atoms with E-state index in [1.165, 1.54) is 25.3 Å². The van der Waals surface area contributed by atoms with Crippen LogP contribution in [0.1, 0.15) is 37.7 Å². The van der Waals surface area contributed by atoms with Gasteiger partial charge in [-0.3, -0.25) is 14.9 Å². The summed E-state index contributed by atoms with van der Waals surface area (Å²) >= 11 is 0. The van der Waals surface area contributed by atoms with E-state index in [4.69, 9.17) is 4.74 Å². The summed E-state index contributed by atoms with van der Waals surface area (Å²) in [6.45, 7) is 1.96. The lowest BCUT2D eigenvalue weighted by Gasteiger charge is -2.30. The molecule has 1 aliphatic carbocycles. The summed E-state index contributed by atoms with van der Waals surface area (Å²) in [6, 6.07) is 10.0. The Morgan fingerprint density at radius 3 is 2.38 bits per heavy atom. The fourth-order valence-electron chi connectivity index (χ4n) is 3.93. The van der Waals surface area contributed by atoms with Gasteiger partial charge in [0.1, 0.15) is 11.8 Å². The molecule has 170 valence electrons. The van der Waals surface area contributed by atoms with Crippen molar-refractivity contribution in [2.24, 2.45) is 5.92 Å². The zero-order chi connectivity index (χ0) is 23.1. The summed E-state index contributed by atoms with van der Waals surface area (Å²) in [6.07, 6.45) is 4.79. The van der Waals surface area contributed by atoms with E-state index in [0.717, 1.165) is 37.7 Å². The van der Waals surface area contributed by atoms with Crippen LogP contribution in [0.3, 0.4) is 0 Å². The number of hydrogen-bond acceptors (Lipinski definition) is 5. The van der Waals surface area contributed by atoms with Gasteiger partial charge in [0, 0.05) is 17.8 Å². The molecule has 3 N–H and O–H groups in total. The third-order valence-electron chi connectivity index (χ3n) is 5.65. The van der Waals surface area contributed by atoms with Crippen molar-refractivity contribution in [3.8, 4) is 5.75 Å². The largest absolute Gasteiger partial charge is 0.495 e. The van der Waals surface area contributed by atoms with Crippen molar-refractivity contribution in [1.29, 1.82) is 0 Å². The highest BCUT2D eigenvalue weighted by Crippen LogP contribution is 2.30. The molecule has 0 heterocycles. The lowest BCUT2D eigenvalue weighted by atomic mass is 9.83. The molecule has 0 radical (unpaired) electrons. The monoisotopic (exact) mass is 440 g/mol. The first-order valence-corrected chi connectivity index (χ1v) is 10.6. The minimum atomic E-state index is -0.735. The number of nitro benzene ring substituents is 1. The maximum atomic E-state index is 13.1. The number of nitrogens with zero attached hydrogens (tertiary/aromatic N) is 1. The molecule has 0 saturated heterocycles. The van der Waals surface area contributed by atoms with E-state index >= 15 is 0 Å². The van der Waals surface area contributed by atoms with Crippen LogP contribution in [0.15, 0.2) is 42.5 Å². The molecular weight excluding hydrogens is 412 g/mol. The molecule has 0 aliphatic heterocycles. The van der Waals surface area contributed by atoms with Gasteiger partial charge in [0.15, 0.2) is 0 Å². The summed E-state index contributed by atoms with van der Waals surface area (Å²) in [7, 11) is 1.41. The number of urea groups is 1. The molecule has 1 fully saturated rings. The maximum absolute atomic E-state index is 13.1. The summed E-state index contributed by atoms with van der Waals surface area (Å²) in [4.78, 5) is 36.4. The van der Waals surface area contributed by atoms with Gasteiger partial charge < -0.3 is 20.7 Å². The van der Waals surface area contributed by atoms with E-state index in [2.05, 4.69) is 16.0 Å². The van der Waals surface area contributed by atoms with Crippen LogP contribution < -0.4 is 20.7 Å². The van der Waals surface area contributed by atoms with Crippen LogP contribution in [0.25, 0.3) is 0 Å². The number of ether oxygens (including phenoxy) is 1. The number of nitro groups is 1. The molecule has 9 nitrogen and oxygen atoms in total. The molecule has 0 spiro atoms. The summed E-state index contributed by atoms with van der Waals surface area (Å²) in [5, 5.41) is 19.3. The van der Waals surface area contributed by atoms with Crippen molar-refractivity contribution in [3.63, 3.8) is 0 Å². The Bertz CT molecular complexity index is 971. The average Bonchev–Trinajstić information content (AvgIpc) is 2.79. The van der Waals surface area contributed by atoms with Gasteiger partial charge in [-0.15, -0.1) is 0 Å². The van der Waals surface area contributed by atoms with Crippen molar-refractivity contribution in [2.75, 3.05) is 17.7 Å². The van der Waals surface area contributed by atoms with Crippen LogP contribution in [-0.4, -0.2) is 30.0 Å². The lowest BCUT2D eigenvalue weighted by Crippen LogP contribution is -2.50. The number of non-ortho nitro benzene ring substituents is 1. The molecule has 2 aromatic carbocycles. The Morgan fingerprint density at radius 2 is 1.75 bits per heavy atom. The van der Waals surface area contributed by atoms with Crippen LogP contribution in [0.5, 0.6) is 5.75 Å². The van der Waals surface area contributed by atoms with Crippen molar-refractivity contribution in [1.82, 2.24) is 5.32 Å². The Hall–Kier alpha value is -3.62. The number of rotatable bonds is 7. The quantitative estimate of drug-likeness (QED) is 0.428. The van der Waals surface area contributed by atoms with Gasteiger partial charge >= 0.3 is 6.03 Å². The fourth-order valence-corrected chi connectivity index (χ4v) is 3.93. The highest BCUT2D eigenvalue weighted by Gasteiger charge is 2.31. The predicted molar refractivity (Wildman–Crippen MR) is 122 cm³/mol. The second-order valence-electron chi connectivity index (χ2n) is 7.97. The second kappa shape index (κ2) is 10.6. The Morgan fingerprint density at radius 1 is 1.06 bits per heavy atom. The smallest absolute Gasteiger partial charge is 0.320 e. The molecule has 1 atom stereocenters. The van der Waals surface area contributed by atoms with Crippen LogP contribution >= 0.6 is 0 Å². The first kappa shape index (κ1) is 23.1. The Labute approximate surface area is 186 Å². The van der Waals surface area contributed by atoms with E-state index in [1.807, 2.05) is 31.2 Å². The van der Waals surface area contributed by atoms with E-state index in [1.54, 1.807) is 0 Å². The number of amides is 3. The van der Waals surface area contributed by atoms with Gasteiger partial charge in [0.05, 0.1) is 17.7 Å². The zero-order valence-corrected chi connectivity index (χ0v) is 18.2. The summed E-state index contributed by atoms with van der Waals surface area (Å²) in [5.74, 6) is -0.00191.